The molecule has 0 radical (unpaired) electrons. The highest BCUT2D eigenvalue weighted by molar-refractivity contribution is 14.1. The number of hydrogen-bond donors (Lipinski definition) is 1. The topological polar surface area (TPSA) is 75.7 Å². The number of sulfonamides is 1. The minimum absolute atomic E-state index is 0.0327. The third-order valence-corrected chi connectivity index (χ3v) is 6.90. The number of halogens is 2. The van der Waals surface area contributed by atoms with E-state index in [-0.39, 0.29) is 10.6 Å². The molecule has 9 heteroatoms. The molecular formula is C21H18ClIN2O4S. The molecule has 3 aromatic carbocycles. The van der Waals surface area contributed by atoms with Crippen LogP contribution in [0.4, 0.5) is 11.4 Å². The first-order valence-electron chi connectivity index (χ1n) is 8.77. The Morgan fingerprint density at radius 3 is 2.33 bits per heavy atom. The number of carbonyl (C=O) groups is 1. The first kappa shape index (κ1) is 22.4. The van der Waals surface area contributed by atoms with E-state index in [4.69, 9.17) is 16.3 Å². The van der Waals surface area contributed by atoms with Gasteiger partial charge in [0.2, 0.25) is 5.91 Å². The highest BCUT2D eigenvalue weighted by Crippen LogP contribution is 2.27. The lowest BCUT2D eigenvalue weighted by Gasteiger charge is -2.24. The van der Waals surface area contributed by atoms with Crippen molar-refractivity contribution in [2.45, 2.75) is 4.90 Å². The number of methoxy groups -OCH3 is 1. The van der Waals surface area contributed by atoms with Crippen LogP contribution in [-0.2, 0) is 14.8 Å². The van der Waals surface area contributed by atoms with E-state index in [1.165, 1.54) is 25.3 Å². The van der Waals surface area contributed by atoms with Crippen LogP contribution in [0.15, 0.2) is 77.7 Å². The van der Waals surface area contributed by atoms with Crippen molar-refractivity contribution in [2.24, 2.45) is 0 Å². The summed E-state index contributed by atoms with van der Waals surface area (Å²) in [5.41, 5.74) is 0.865. The Morgan fingerprint density at radius 2 is 1.73 bits per heavy atom. The molecule has 30 heavy (non-hydrogen) atoms. The van der Waals surface area contributed by atoms with E-state index in [0.717, 1.165) is 7.88 Å². The molecule has 0 unspecified atom stereocenters. The number of carbonyl (C=O) groups excluding carboxylic acids is 1. The van der Waals surface area contributed by atoms with Crippen molar-refractivity contribution < 1.29 is 17.9 Å². The van der Waals surface area contributed by atoms with Crippen LogP contribution in [0.5, 0.6) is 5.75 Å². The third kappa shape index (κ3) is 5.44. The van der Waals surface area contributed by atoms with Gasteiger partial charge in [-0.3, -0.25) is 9.10 Å². The molecule has 0 saturated heterocycles. The van der Waals surface area contributed by atoms with Crippen LogP contribution in [0.3, 0.4) is 0 Å². The van der Waals surface area contributed by atoms with E-state index < -0.39 is 22.5 Å². The molecule has 156 valence electrons. The maximum Gasteiger partial charge on any atom is 0.264 e. The fourth-order valence-corrected chi connectivity index (χ4v) is 4.64. The highest BCUT2D eigenvalue weighted by atomic mass is 127. The minimum Gasteiger partial charge on any atom is -0.497 e. The molecular weight excluding hydrogens is 539 g/mol. The van der Waals surface area contributed by atoms with E-state index in [1.807, 2.05) is 12.1 Å². The summed E-state index contributed by atoms with van der Waals surface area (Å²) in [5.74, 6) is 0.0491. The number of ether oxygens (including phenoxy) is 1. The molecule has 3 aromatic rings. The fourth-order valence-electron chi connectivity index (χ4n) is 2.69. The van der Waals surface area contributed by atoms with Crippen molar-refractivity contribution in [1.29, 1.82) is 0 Å². The Bertz CT molecular complexity index is 1140. The molecule has 1 N–H and O–H groups in total. The Morgan fingerprint density at radius 1 is 1.07 bits per heavy atom. The van der Waals surface area contributed by atoms with Crippen molar-refractivity contribution in [3.05, 3.63) is 81.4 Å². The van der Waals surface area contributed by atoms with E-state index >= 15 is 0 Å². The molecule has 0 aromatic heterocycles. The van der Waals surface area contributed by atoms with Crippen molar-refractivity contribution in [3.8, 4) is 5.75 Å². The summed E-state index contributed by atoms with van der Waals surface area (Å²) in [5, 5.41) is 3.09. The van der Waals surface area contributed by atoms with Gasteiger partial charge in [0.15, 0.2) is 0 Å². The largest absolute Gasteiger partial charge is 0.497 e. The van der Waals surface area contributed by atoms with Gasteiger partial charge in [0.25, 0.3) is 10.0 Å². The van der Waals surface area contributed by atoms with Gasteiger partial charge in [0.05, 0.1) is 17.7 Å². The number of rotatable bonds is 7. The van der Waals surface area contributed by atoms with Gasteiger partial charge < -0.3 is 10.1 Å². The molecule has 0 atom stereocenters. The summed E-state index contributed by atoms with van der Waals surface area (Å²) in [6, 6.07) is 19.5. The van der Waals surface area contributed by atoms with Crippen LogP contribution in [0.25, 0.3) is 0 Å². The lowest BCUT2D eigenvalue weighted by Crippen LogP contribution is -2.38. The summed E-state index contributed by atoms with van der Waals surface area (Å²) in [6.45, 7) is -0.416. The van der Waals surface area contributed by atoms with Gasteiger partial charge in [-0.25, -0.2) is 8.42 Å². The molecule has 0 heterocycles. The van der Waals surface area contributed by atoms with Crippen molar-refractivity contribution >= 4 is 61.5 Å². The second kappa shape index (κ2) is 9.67. The van der Waals surface area contributed by atoms with Gasteiger partial charge in [0.1, 0.15) is 12.3 Å². The standard InChI is InChI=1S/C21H18ClIN2O4S/c1-29-19-9-11-20(12-10-19)30(27,28)25(18-4-2-3-15(22)13-18)14-21(26)24-17-7-5-16(23)6-8-17/h2-13H,14H2,1H3,(H,24,26). The lowest BCUT2D eigenvalue weighted by atomic mass is 10.3. The Labute approximate surface area is 194 Å². The predicted octanol–water partition coefficient (Wildman–Crippen LogP) is 4.79. The molecule has 0 aliphatic carbocycles. The second-order valence-electron chi connectivity index (χ2n) is 6.22. The number of amides is 1. The Kier molecular flexibility index (Phi) is 7.22. The van der Waals surface area contributed by atoms with Gasteiger partial charge in [-0.1, -0.05) is 17.7 Å². The van der Waals surface area contributed by atoms with Crippen LogP contribution in [0.1, 0.15) is 0 Å². The van der Waals surface area contributed by atoms with Gasteiger partial charge >= 0.3 is 0 Å². The van der Waals surface area contributed by atoms with Gasteiger partial charge in [-0.05, 0) is 89.3 Å². The molecule has 1 amide bonds. The molecule has 0 saturated carbocycles. The lowest BCUT2D eigenvalue weighted by molar-refractivity contribution is -0.114. The first-order valence-corrected chi connectivity index (χ1v) is 11.7. The smallest absolute Gasteiger partial charge is 0.264 e. The zero-order chi connectivity index (χ0) is 21.7. The molecule has 0 spiro atoms. The maximum atomic E-state index is 13.3. The molecule has 0 aliphatic heterocycles. The molecule has 0 bridgehead atoms. The van der Waals surface area contributed by atoms with Crippen molar-refractivity contribution in [1.82, 2.24) is 0 Å². The van der Waals surface area contributed by atoms with Crippen LogP contribution < -0.4 is 14.4 Å². The number of anilines is 2. The quantitative estimate of drug-likeness (QED) is 0.425. The van der Waals surface area contributed by atoms with Crippen LogP contribution >= 0.6 is 34.2 Å². The van der Waals surface area contributed by atoms with E-state index in [9.17, 15) is 13.2 Å². The Hall–Kier alpha value is -2.30. The van der Waals surface area contributed by atoms with E-state index in [1.54, 1.807) is 42.5 Å². The molecule has 0 fully saturated rings. The summed E-state index contributed by atoms with van der Waals surface area (Å²) >= 11 is 8.23. The van der Waals surface area contributed by atoms with Crippen LogP contribution in [0, 0.1) is 3.57 Å². The monoisotopic (exact) mass is 556 g/mol. The van der Waals surface area contributed by atoms with Crippen LogP contribution in [-0.4, -0.2) is 28.0 Å². The maximum absolute atomic E-state index is 13.3. The van der Waals surface area contributed by atoms with Gasteiger partial charge in [-0.15, -0.1) is 0 Å². The normalized spacial score (nSPS) is 11.0. The number of nitrogens with zero attached hydrogens (tertiary/aromatic N) is 1. The third-order valence-electron chi connectivity index (χ3n) is 4.16. The van der Waals surface area contributed by atoms with E-state index in [0.29, 0.717) is 16.5 Å². The predicted molar refractivity (Wildman–Crippen MR) is 127 cm³/mol. The van der Waals surface area contributed by atoms with Crippen LogP contribution in [0.2, 0.25) is 5.02 Å². The Balaban J connectivity index is 1.93. The van der Waals surface area contributed by atoms with Gasteiger partial charge in [-0.2, -0.15) is 0 Å². The van der Waals surface area contributed by atoms with Crippen molar-refractivity contribution in [3.63, 3.8) is 0 Å². The second-order valence-corrected chi connectivity index (χ2v) is 9.77. The summed E-state index contributed by atoms with van der Waals surface area (Å²) in [7, 11) is -2.54. The molecule has 3 rings (SSSR count). The SMILES string of the molecule is COc1ccc(S(=O)(=O)N(CC(=O)Nc2ccc(I)cc2)c2cccc(Cl)c2)cc1. The molecule has 6 nitrogen and oxygen atoms in total. The number of hydrogen-bond acceptors (Lipinski definition) is 4. The van der Waals surface area contributed by atoms with Gasteiger partial charge in [0, 0.05) is 14.3 Å². The highest BCUT2D eigenvalue weighted by Gasteiger charge is 2.27. The summed E-state index contributed by atoms with van der Waals surface area (Å²) < 4.78 is 33.8. The number of nitrogens with one attached hydrogen (secondary N) is 1. The minimum atomic E-state index is -4.03. The fraction of sp³-hybridized carbons (Fsp3) is 0.0952. The molecule has 0 aliphatic rings. The number of benzene rings is 3. The first-order chi connectivity index (χ1) is 14.3. The average molecular weight is 557 g/mol. The zero-order valence-electron chi connectivity index (χ0n) is 15.9. The van der Waals surface area contributed by atoms with Crippen molar-refractivity contribution in [2.75, 3.05) is 23.3 Å². The average Bonchev–Trinajstić information content (AvgIpc) is 2.73. The summed E-state index contributed by atoms with van der Waals surface area (Å²) in [6.07, 6.45) is 0. The zero-order valence-corrected chi connectivity index (χ0v) is 19.6. The summed E-state index contributed by atoms with van der Waals surface area (Å²) in [4.78, 5) is 12.7. The van der Waals surface area contributed by atoms with E-state index in [2.05, 4.69) is 27.9 Å².